The summed E-state index contributed by atoms with van der Waals surface area (Å²) < 4.78 is 11.8. The summed E-state index contributed by atoms with van der Waals surface area (Å²) in [4.78, 5) is 37.0. The summed E-state index contributed by atoms with van der Waals surface area (Å²) in [5, 5.41) is 2.64. The van der Waals surface area contributed by atoms with Crippen molar-refractivity contribution < 1.29 is 19.1 Å². The van der Waals surface area contributed by atoms with E-state index in [2.05, 4.69) is 50.3 Å². The van der Waals surface area contributed by atoms with Gasteiger partial charge >= 0.3 is 6.03 Å². The molecular formula is C35H43N5O4. The van der Waals surface area contributed by atoms with E-state index in [-0.39, 0.29) is 30.1 Å². The maximum Gasteiger partial charge on any atom is 0.321 e. The van der Waals surface area contributed by atoms with Gasteiger partial charge in [0.15, 0.2) is 0 Å². The first kappa shape index (κ1) is 30.1. The van der Waals surface area contributed by atoms with E-state index in [9.17, 15) is 9.59 Å². The number of carbonyl (C=O) groups excluding carboxylic acids is 2. The monoisotopic (exact) mass is 597 g/mol. The smallest absolute Gasteiger partial charge is 0.321 e. The van der Waals surface area contributed by atoms with Crippen molar-refractivity contribution in [3.63, 3.8) is 0 Å². The molecule has 3 saturated heterocycles. The topological polar surface area (TPSA) is 87.2 Å². The van der Waals surface area contributed by atoms with E-state index in [1.807, 2.05) is 43.3 Å². The lowest BCUT2D eigenvalue weighted by Crippen LogP contribution is -2.49. The highest BCUT2D eigenvalue weighted by Crippen LogP contribution is 2.37. The van der Waals surface area contributed by atoms with Crippen LogP contribution in [-0.4, -0.2) is 83.6 Å². The van der Waals surface area contributed by atoms with Crippen LogP contribution in [0.15, 0.2) is 66.7 Å². The molecule has 9 heteroatoms. The van der Waals surface area contributed by atoms with Gasteiger partial charge in [0.2, 0.25) is 11.8 Å². The predicted octanol–water partition coefficient (Wildman–Crippen LogP) is 5.09. The van der Waals surface area contributed by atoms with Gasteiger partial charge in [0.05, 0.1) is 25.1 Å². The number of urea groups is 1. The van der Waals surface area contributed by atoms with Gasteiger partial charge in [-0.15, -0.1) is 0 Å². The number of piperidine rings is 1. The fourth-order valence-electron chi connectivity index (χ4n) is 6.72. The summed E-state index contributed by atoms with van der Waals surface area (Å²) in [6, 6.07) is 22.7. The lowest BCUT2D eigenvalue weighted by atomic mass is 9.98. The number of nitrogens with one attached hydrogen (secondary N) is 1. The average molecular weight is 598 g/mol. The van der Waals surface area contributed by atoms with Crippen LogP contribution in [0.1, 0.15) is 54.1 Å². The largest absolute Gasteiger partial charge is 0.439 e. The van der Waals surface area contributed by atoms with E-state index < -0.39 is 0 Å². The zero-order chi connectivity index (χ0) is 30.5. The molecule has 3 aliphatic rings. The molecule has 2 aromatic carbocycles. The minimum absolute atomic E-state index is 0.0199. The highest BCUT2D eigenvalue weighted by atomic mass is 16.5. The fraction of sp³-hybridized carbons (Fsp3) is 0.457. The first-order valence-corrected chi connectivity index (χ1v) is 15.9. The number of ether oxygens (including phenoxy) is 2. The molecule has 3 fully saturated rings. The number of amides is 3. The number of likely N-dealkylation sites (N-methyl/N-ethyl adjacent to an activating group) is 1. The molecule has 9 nitrogen and oxygen atoms in total. The van der Waals surface area contributed by atoms with E-state index >= 15 is 0 Å². The Balaban J connectivity index is 1.06. The minimum atomic E-state index is -0.0199. The van der Waals surface area contributed by atoms with Crippen molar-refractivity contribution in [2.24, 2.45) is 0 Å². The molecule has 2 atom stereocenters. The van der Waals surface area contributed by atoms with Gasteiger partial charge in [0.1, 0.15) is 5.75 Å². The molecule has 0 saturated carbocycles. The lowest BCUT2D eigenvalue weighted by molar-refractivity contribution is -0.119. The van der Waals surface area contributed by atoms with Gasteiger partial charge in [-0.05, 0) is 61.4 Å². The van der Waals surface area contributed by atoms with E-state index in [0.717, 1.165) is 69.7 Å². The highest BCUT2D eigenvalue weighted by molar-refractivity contribution is 5.79. The van der Waals surface area contributed by atoms with Crippen LogP contribution in [0.2, 0.25) is 0 Å². The van der Waals surface area contributed by atoms with Crippen LogP contribution >= 0.6 is 0 Å². The second kappa shape index (κ2) is 13.8. The van der Waals surface area contributed by atoms with Crippen molar-refractivity contribution in [1.29, 1.82) is 0 Å². The summed E-state index contributed by atoms with van der Waals surface area (Å²) in [7, 11) is 1.64. The normalized spacial score (nSPS) is 21.5. The van der Waals surface area contributed by atoms with Crippen molar-refractivity contribution in [3.05, 3.63) is 89.1 Å². The first-order valence-electron chi connectivity index (χ1n) is 15.9. The van der Waals surface area contributed by atoms with Crippen molar-refractivity contribution >= 4 is 11.9 Å². The van der Waals surface area contributed by atoms with Crippen LogP contribution in [-0.2, 0) is 22.5 Å². The average Bonchev–Trinajstić information content (AvgIpc) is 3.41. The number of hydrogen-bond acceptors (Lipinski definition) is 6. The van der Waals surface area contributed by atoms with Crippen molar-refractivity contribution in [2.75, 3.05) is 39.9 Å². The van der Waals surface area contributed by atoms with Gasteiger partial charge in [-0.1, -0.05) is 48.5 Å². The van der Waals surface area contributed by atoms with Crippen LogP contribution < -0.4 is 10.1 Å². The number of aromatic nitrogens is 1. The Morgan fingerprint density at radius 1 is 1.00 bits per heavy atom. The van der Waals surface area contributed by atoms with Crippen LogP contribution in [0, 0.1) is 6.92 Å². The summed E-state index contributed by atoms with van der Waals surface area (Å²) in [6.45, 7) is 6.88. The number of hydrogen-bond donors (Lipinski definition) is 1. The minimum Gasteiger partial charge on any atom is -0.439 e. The Hall–Kier alpha value is -3.95. The van der Waals surface area contributed by atoms with E-state index in [0.29, 0.717) is 24.7 Å². The maximum atomic E-state index is 13.9. The summed E-state index contributed by atoms with van der Waals surface area (Å²) in [5.74, 6) is 1.22. The molecule has 3 aliphatic heterocycles. The van der Waals surface area contributed by atoms with E-state index in [4.69, 9.17) is 14.5 Å². The van der Waals surface area contributed by atoms with Gasteiger partial charge < -0.3 is 24.6 Å². The molecule has 0 aliphatic carbocycles. The van der Waals surface area contributed by atoms with Crippen molar-refractivity contribution in [2.45, 2.75) is 63.7 Å². The third-order valence-corrected chi connectivity index (χ3v) is 9.24. The van der Waals surface area contributed by atoms with Gasteiger partial charge in [-0.25, -0.2) is 9.78 Å². The van der Waals surface area contributed by atoms with Crippen molar-refractivity contribution in [3.8, 4) is 11.6 Å². The number of nitrogens with zero attached hydrogens (tertiary/aromatic N) is 4. The van der Waals surface area contributed by atoms with Crippen LogP contribution in [0.4, 0.5) is 4.79 Å². The van der Waals surface area contributed by atoms with Gasteiger partial charge in [-0.3, -0.25) is 9.69 Å². The van der Waals surface area contributed by atoms with E-state index in [1.165, 1.54) is 11.1 Å². The predicted molar refractivity (Wildman–Crippen MR) is 169 cm³/mol. The summed E-state index contributed by atoms with van der Waals surface area (Å²) in [6.07, 6.45) is 4.28. The Kier molecular flexibility index (Phi) is 9.43. The molecule has 4 heterocycles. The number of rotatable bonds is 9. The molecule has 0 spiro atoms. The molecule has 3 aromatic rings. The number of likely N-dealkylation sites (tertiary alicyclic amines) is 1. The standard InChI is InChI=1S/C35H43N5O4/c1-25-28(12-15-34(37-25)44-31-13-10-26(11-14-31)21-33(41)36-2)22-38-18-16-29(17-19-38)40-32(27-7-4-3-5-8-27)23-39(35(40)42)30-9-6-20-43-24-30/h3-5,7-8,10-15,29-30,32H,6,9,16-24H2,1-2H3,(H,36,41)/t30?,32-/m0/s1. The van der Waals surface area contributed by atoms with Crippen LogP contribution in [0.3, 0.4) is 0 Å². The zero-order valence-corrected chi connectivity index (χ0v) is 25.8. The molecule has 1 aromatic heterocycles. The van der Waals surface area contributed by atoms with Crippen LogP contribution in [0.25, 0.3) is 0 Å². The Bertz CT molecular complexity index is 1420. The second-order valence-corrected chi connectivity index (χ2v) is 12.1. The van der Waals surface area contributed by atoms with Crippen molar-refractivity contribution in [1.82, 2.24) is 25.0 Å². The van der Waals surface area contributed by atoms with Gasteiger partial charge in [-0.2, -0.15) is 0 Å². The Morgan fingerprint density at radius 3 is 2.45 bits per heavy atom. The molecular weight excluding hydrogens is 554 g/mol. The second-order valence-electron chi connectivity index (χ2n) is 12.1. The quantitative estimate of drug-likeness (QED) is 0.370. The number of carbonyl (C=O) groups is 2. The number of pyridine rings is 1. The fourth-order valence-corrected chi connectivity index (χ4v) is 6.72. The summed E-state index contributed by atoms with van der Waals surface area (Å²) >= 11 is 0. The molecule has 44 heavy (non-hydrogen) atoms. The van der Waals surface area contributed by atoms with Crippen LogP contribution in [0.5, 0.6) is 11.6 Å². The number of benzene rings is 2. The Morgan fingerprint density at radius 2 is 1.77 bits per heavy atom. The number of aryl methyl sites for hydroxylation is 1. The maximum absolute atomic E-state index is 13.9. The third-order valence-electron chi connectivity index (χ3n) is 9.24. The lowest BCUT2D eigenvalue weighted by Gasteiger charge is -2.39. The van der Waals surface area contributed by atoms with Gasteiger partial charge in [0, 0.05) is 57.6 Å². The molecule has 0 bridgehead atoms. The third kappa shape index (κ3) is 6.89. The molecule has 232 valence electrons. The van der Waals surface area contributed by atoms with Gasteiger partial charge in [0.25, 0.3) is 0 Å². The highest BCUT2D eigenvalue weighted by Gasteiger charge is 2.45. The Labute approximate surface area is 260 Å². The molecule has 6 rings (SSSR count). The SMILES string of the molecule is CNC(=O)Cc1ccc(Oc2ccc(CN3CCC(N4C(=O)N(C5CCCOC5)C[C@H]4c4ccccc4)CC3)c(C)n2)cc1. The zero-order valence-electron chi connectivity index (χ0n) is 25.8. The molecule has 3 amide bonds. The molecule has 0 radical (unpaired) electrons. The first-order chi connectivity index (χ1) is 21.5. The van der Waals surface area contributed by atoms with E-state index in [1.54, 1.807) is 7.05 Å². The summed E-state index contributed by atoms with van der Waals surface area (Å²) in [5.41, 5.74) is 4.27. The molecule has 1 unspecified atom stereocenters. The molecule has 1 N–H and O–H groups in total.